The highest BCUT2D eigenvalue weighted by molar-refractivity contribution is 7.10. The summed E-state index contributed by atoms with van der Waals surface area (Å²) in [5.74, 6) is 0.149. The number of carbonyl (C=O) groups is 1. The zero-order valence-corrected chi connectivity index (χ0v) is 12.9. The molecule has 2 aromatic rings. The molecule has 5 heteroatoms. The maximum atomic E-state index is 12.6. The lowest BCUT2D eigenvalue weighted by atomic mass is 9.97. The van der Waals surface area contributed by atoms with E-state index in [4.69, 9.17) is 5.73 Å². The fourth-order valence-electron chi connectivity index (χ4n) is 2.93. The Balaban J connectivity index is 1.77. The largest absolute Gasteiger partial charge is 0.397 e. The van der Waals surface area contributed by atoms with Crippen LogP contribution in [-0.4, -0.2) is 22.3 Å². The van der Waals surface area contributed by atoms with Crippen molar-refractivity contribution in [3.05, 3.63) is 45.9 Å². The minimum absolute atomic E-state index is 0.149. The predicted octanol–water partition coefficient (Wildman–Crippen LogP) is 2.80. The summed E-state index contributed by atoms with van der Waals surface area (Å²) in [6, 6.07) is 5.99. The number of fused-ring (bicyclic) bond motifs is 1. The van der Waals surface area contributed by atoms with E-state index >= 15 is 0 Å². The lowest BCUT2D eigenvalue weighted by Gasteiger charge is -2.35. The minimum Gasteiger partial charge on any atom is -0.397 e. The van der Waals surface area contributed by atoms with E-state index in [1.54, 1.807) is 23.6 Å². The van der Waals surface area contributed by atoms with Crippen LogP contribution in [0.1, 0.15) is 35.5 Å². The van der Waals surface area contributed by atoms with Gasteiger partial charge in [0.1, 0.15) is 0 Å². The molecule has 21 heavy (non-hydrogen) atoms. The van der Waals surface area contributed by atoms with Crippen LogP contribution in [0.3, 0.4) is 0 Å². The van der Waals surface area contributed by atoms with Crippen molar-refractivity contribution in [2.45, 2.75) is 32.2 Å². The van der Waals surface area contributed by atoms with Crippen LogP contribution >= 0.6 is 11.3 Å². The number of thiophene rings is 1. The lowest BCUT2D eigenvalue weighted by Crippen LogP contribution is -2.40. The molecule has 4 nitrogen and oxygen atoms in total. The molecule has 3 rings (SSSR count). The van der Waals surface area contributed by atoms with Crippen molar-refractivity contribution >= 4 is 22.9 Å². The number of hydrogen-bond acceptors (Lipinski definition) is 4. The van der Waals surface area contributed by atoms with Crippen molar-refractivity contribution in [3.8, 4) is 0 Å². The lowest BCUT2D eigenvalue weighted by molar-refractivity contribution is -0.133. The molecular formula is C16H19N3OS. The Hall–Kier alpha value is -1.88. The molecule has 1 aliphatic heterocycles. The number of anilines is 1. The standard InChI is InChI=1S/C16H19N3OS/c1-2-14-13-6-8-21-15(13)5-7-19(14)16(20)9-12-4-3-11(17)10-18-12/h3-4,6,8,10,14H,2,5,7,9,17H2,1H3. The molecular weight excluding hydrogens is 282 g/mol. The van der Waals surface area contributed by atoms with Gasteiger partial charge in [-0.05, 0) is 42.0 Å². The number of nitrogens with zero attached hydrogens (tertiary/aromatic N) is 2. The van der Waals surface area contributed by atoms with Gasteiger partial charge in [-0.15, -0.1) is 11.3 Å². The van der Waals surface area contributed by atoms with Gasteiger partial charge in [0, 0.05) is 17.1 Å². The Bertz CT molecular complexity index is 635. The van der Waals surface area contributed by atoms with E-state index in [2.05, 4.69) is 23.4 Å². The second-order valence-electron chi connectivity index (χ2n) is 5.32. The molecule has 2 N–H and O–H groups in total. The first-order valence-electron chi connectivity index (χ1n) is 7.25. The number of amides is 1. The third-order valence-electron chi connectivity index (χ3n) is 3.98. The molecule has 0 aliphatic carbocycles. The van der Waals surface area contributed by atoms with Crippen LogP contribution in [0.25, 0.3) is 0 Å². The van der Waals surface area contributed by atoms with Crippen LogP contribution in [0, 0.1) is 0 Å². The van der Waals surface area contributed by atoms with Crippen LogP contribution in [0.5, 0.6) is 0 Å². The van der Waals surface area contributed by atoms with Crippen LogP contribution in [-0.2, 0) is 17.6 Å². The highest BCUT2D eigenvalue weighted by Gasteiger charge is 2.30. The number of aromatic nitrogens is 1. The van der Waals surface area contributed by atoms with Crippen molar-refractivity contribution in [2.75, 3.05) is 12.3 Å². The van der Waals surface area contributed by atoms with Crippen molar-refractivity contribution in [2.24, 2.45) is 0 Å². The molecule has 110 valence electrons. The number of carbonyl (C=O) groups excluding carboxylic acids is 1. The van der Waals surface area contributed by atoms with Gasteiger partial charge < -0.3 is 10.6 Å². The first-order chi connectivity index (χ1) is 10.2. The van der Waals surface area contributed by atoms with Gasteiger partial charge in [-0.3, -0.25) is 9.78 Å². The third kappa shape index (κ3) is 2.78. The summed E-state index contributed by atoms with van der Waals surface area (Å²) in [6.45, 7) is 2.94. The average Bonchev–Trinajstić information content (AvgIpc) is 2.97. The van der Waals surface area contributed by atoms with Gasteiger partial charge in [-0.1, -0.05) is 6.92 Å². The Labute approximate surface area is 128 Å². The summed E-state index contributed by atoms with van der Waals surface area (Å²) >= 11 is 1.80. The molecule has 0 fully saturated rings. The molecule has 0 aromatic carbocycles. The maximum absolute atomic E-state index is 12.6. The second kappa shape index (κ2) is 5.85. The number of pyridine rings is 1. The highest BCUT2D eigenvalue weighted by Crippen LogP contribution is 2.35. The van der Waals surface area contributed by atoms with Crippen molar-refractivity contribution in [3.63, 3.8) is 0 Å². The molecule has 1 atom stereocenters. The number of rotatable bonds is 3. The summed E-state index contributed by atoms with van der Waals surface area (Å²) in [5.41, 5.74) is 8.36. The Morgan fingerprint density at radius 3 is 3.05 bits per heavy atom. The average molecular weight is 301 g/mol. The number of nitrogen functional groups attached to an aromatic ring is 1. The molecule has 1 amide bonds. The fourth-order valence-corrected chi connectivity index (χ4v) is 3.86. The van der Waals surface area contributed by atoms with Gasteiger partial charge >= 0.3 is 0 Å². The van der Waals surface area contributed by atoms with Crippen LogP contribution < -0.4 is 5.73 Å². The second-order valence-corrected chi connectivity index (χ2v) is 6.32. The van der Waals surface area contributed by atoms with E-state index in [0.717, 1.165) is 25.1 Å². The molecule has 0 radical (unpaired) electrons. The van der Waals surface area contributed by atoms with Crippen molar-refractivity contribution in [1.82, 2.24) is 9.88 Å². The molecule has 0 saturated heterocycles. The van der Waals surface area contributed by atoms with Crippen LogP contribution in [0.2, 0.25) is 0 Å². The van der Waals surface area contributed by atoms with Gasteiger partial charge in [0.15, 0.2) is 0 Å². The van der Waals surface area contributed by atoms with E-state index in [-0.39, 0.29) is 11.9 Å². The van der Waals surface area contributed by atoms with Gasteiger partial charge in [0.25, 0.3) is 0 Å². The molecule has 2 aromatic heterocycles. The molecule has 0 saturated carbocycles. The molecule has 0 bridgehead atoms. The number of hydrogen-bond donors (Lipinski definition) is 1. The normalized spacial score (nSPS) is 17.6. The van der Waals surface area contributed by atoms with Gasteiger partial charge in [0.2, 0.25) is 5.91 Å². The Morgan fingerprint density at radius 1 is 1.48 bits per heavy atom. The summed E-state index contributed by atoms with van der Waals surface area (Å²) in [7, 11) is 0. The monoisotopic (exact) mass is 301 g/mol. The van der Waals surface area contributed by atoms with Crippen LogP contribution in [0.15, 0.2) is 29.8 Å². The zero-order chi connectivity index (χ0) is 14.8. The van der Waals surface area contributed by atoms with Crippen molar-refractivity contribution < 1.29 is 4.79 Å². The summed E-state index contributed by atoms with van der Waals surface area (Å²) in [5, 5.41) is 2.13. The molecule has 1 unspecified atom stereocenters. The topological polar surface area (TPSA) is 59.2 Å². The molecule has 1 aliphatic rings. The quantitative estimate of drug-likeness (QED) is 0.948. The maximum Gasteiger partial charge on any atom is 0.229 e. The van der Waals surface area contributed by atoms with E-state index < -0.39 is 0 Å². The van der Waals surface area contributed by atoms with Gasteiger partial charge in [-0.25, -0.2) is 0 Å². The zero-order valence-electron chi connectivity index (χ0n) is 12.1. The van der Waals surface area contributed by atoms with Crippen molar-refractivity contribution in [1.29, 1.82) is 0 Å². The van der Waals surface area contributed by atoms with E-state index in [9.17, 15) is 4.79 Å². The number of nitrogens with two attached hydrogens (primary N) is 1. The SMILES string of the molecule is CCC1c2ccsc2CCN1C(=O)Cc1ccc(N)cn1. The van der Waals surface area contributed by atoms with E-state index in [0.29, 0.717) is 12.1 Å². The predicted molar refractivity (Wildman–Crippen MR) is 85.1 cm³/mol. The Morgan fingerprint density at radius 2 is 2.33 bits per heavy atom. The smallest absolute Gasteiger partial charge is 0.229 e. The molecule has 3 heterocycles. The highest BCUT2D eigenvalue weighted by atomic mass is 32.1. The van der Waals surface area contributed by atoms with E-state index in [1.807, 2.05) is 11.0 Å². The van der Waals surface area contributed by atoms with E-state index in [1.165, 1.54) is 10.4 Å². The van der Waals surface area contributed by atoms with Gasteiger partial charge in [0.05, 0.1) is 24.3 Å². The summed E-state index contributed by atoms with van der Waals surface area (Å²) in [6.07, 6.45) is 3.86. The minimum atomic E-state index is 0.149. The molecule has 0 spiro atoms. The first kappa shape index (κ1) is 14.1. The first-order valence-corrected chi connectivity index (χ1v) is 8.13. The fraction of sp³-hybridized carbons (Fsp3) is 0.375. The summed E-state index contributed by atoms with van der Waals surface area (Å²) < 4.78 is 0. The Kier molecular flexibility index (Phi) is 3.92. The van der Waals surface area contributed by atoms with Gasteiger partial charge in [-0.2, -0.15) is 0 Å². The third-order valence-corrected chi connectivity index (χ3v) is 4.98. The summed E-state index contributed by atoms with van der Waals surface area (Å²) in [4.78, 5) is 20.3. The van der Waals surface area contributed by atoms with Crippen LogP contribution in [0.4, 0.5) is 5.69 Å².